The normalized spacial score (nSPS) is 25.4. The molecule has 1 aliphatic rings. The second kappa shape index (κ2) is 4.97. The van der Waals surface area contributed by atoms with Crippen molar-refractivity contribution in [3.05, 3.63) is 35.4 Å². The number of sulfone groups is 1. The van der Waals surface area contributed by atoms with Crippen molar-refractivity contribution >= 4 is 9.84 Å². The molecular weight excluding hydrogens is 258 g/mol. The lowest BCUT2D eigenvalue weighted by molar-refractivity contribution is 0.451. The number of rotatable bonds is 3. The van der Waals surface area contributed by atoms with Crippen LogP contribution in [0.3, 0.4) is 0 Å². The molecule has 1 heterocycles. The fourth-order valence-corrected chi connectivity index (χ4v) is 4.59. The van der Waals surface area contributed by atoms with E-state index in [1.54, 1.807) is 0 Å². The minimum atomic E-state index is -3.03. The molecule has 1 unspecified atom stereocenters. The minimum Gasteiger partial charge on any atom is -0.229 e. The van der Waals surface area contributed by atoms with Crippen LogP contribution in [0.1, 0.15) is 37.3 Å². The quantitative estimate of drug-likeness (QED) is 0.853. The molecule has 0 amide bonds. The first kappa shape index (κ1) is 14.1. The van der Waals surface area contributed by atoms with E-state index in [2.05, 4.69) is 32.0 Å². The van der Waals surface area contributed by atoms with E-state index >= 15 is 0 Å². The first-order chi connectivity index (χ1) is 8.86. The summed E-state index contributed by atoms with van der Waals surface area (Å²) in [5, 5.41) is 9.34. The first-order valence-corrected chi connectivity index (χ1v) is 8.38. The van der Waals surface area contributed by atoms with E-state index in [9.17, 15) is 13.7 Å². The van der Waals surface area contributed by atoms with Gasteiger partial charge in [0.05, 0.1) is 23.0 Å². The highest BCUT2D eigenvalue weighted by Gasteiger charge is 2.42. The Kier molecular flexibility index (Phi) is 3.69. The van der Waals surface area contributed by atoms with Crippen molar-refractivity contribution in [2.45, 2.75) is 32.6 Å². The molecule has 1 aromatic rings. The molecule has 1 saturated heterocycles. The van der Waals surface area contributed by atoms with Gasteiger partial charge in [0, 0.05) is 0 Å². The van der Waals surface area contributed by atoms with Gasteiger partial charge in [-0.3, -0.25) is 0 Å². The lowest BCUT2D eigenvalue weighted by Gasteiger charge is -2.19. The molecular formula is C15H19NO2S. The molecule has 2 rings (SSSR count). The van der Waals surface area contributed by atoms with Crippen molar-refractivity contribution in [2.75, 3.05) is 11.5 Å². The number of nitriles is 1. The highest BCUT2D eigenvalue weighted by atomic mass is 32.2. The van der Waals surface area contributed by atoms with Crippen molar-refractivity contribution in [3.8, 4) is 6.07 Å². The smallest absolute Gasteiger partial charge is 0.151 e. The van der Waals surface area contributed by atoms with E-state index in [0.717, 1.165) is 5.56 Å². The van der Waals surface area contributed by atoms with Crippen LogP contribution in [-0.4, -0.2) is 19.9 Å². The summed E-state index contributed by atoms with van der Waals surface area (Å²) in [5.74, 6) is 0.624. The van der Waals surface area contributed by atoms with Crippen molar-refractivity contribution in [2.24, 2.45) is 5.41 Å². The van der Waals surface area contributed by atoms with Gasteiger partial charge < -0.3 is 0 Å². The Balaban J connectivity index is 2.18. The number of nitrogens with zero attached hydrogens (tertiary/aromatic N) is 1. The molecule has 1 aliphatic heterocycles. The molecule has 0 saturated carbocycles. The Morgan fingerprint density at radius 3 is 2.37 bits per heavy atom. The van der Waals surface area contributed by atoms with Gasteiger partial charge in [0.15, 0.2) is 9.84 Å². The van der Waals surface area contributed by atoms with Crippen molar-refractivity contribution in [1.29, 1.82) is 5.26 Å². The lowest BCUT2D eigenvalue weighted by atomic mass is 9.82. The molecule has 1 fully saturated rings. The van der Waals surface area contributed by atoms with Gasteiger partial charge in [0.1, 0.15) is 0 Å². The van der Waals surface area contributed by atoms with E-state index in [1.807, 2.05) is 12.1 Å². The summed E-state index contributed by atoms with van der Waals surface area (Å²) >= 11 is 0. The fraction of sp³-hybridized carbons (Fsp3) is 0.533. The standard InChI is InChI=1S/C15H19NO2S/c1-12(2)14-5-3-13(4-6-14)9-15(10-16)7-8-19(17,18)11-15/h3-6,12H,7-9,11H2,1-2H3. The molecule has 0 aliphatic carbocycles. The second-order valence-corrected chi connectivity index (χ2v) is 7.99. The van der Waals surface area contributed by atoms with Crippen LogP contribution in [0.2, 0.25) is 0 Å². The third kappa shape index (κ3) is 3.16. The van der Waals surface area contributed by atoms with Gasteiger partial charge >= 0.3 is 0 Å². The summed E-state index contributed by atoms with van der Waals surface area (Å²) in [5.41, 5.74) is 1.58. The maximum absolute atomic E-state index is 11.6. The molecule has 3 nitrogen and oxygen atoms in total. The van der Waals surface area contributed by atoms with Crippen LogP contribution in [0.4, 0.5) is 0 Å². The zero-order valence-corrected chi connectivity index (χ0v) is 12.2. The highest BCUT2D eigenvalue weighted by molar-refractivity contribution is 7.91. The average Bonchev–Trinajstić information content (AvgIpc) is 2.66. The Bertz CT molecular complexity index is 596. The van der Waals surface area contributed by atoms with E-state index in [4.69, 9.17) is 0 Å². The van der Waals surface area contributed by atoms with E-state index in [0.29, 0.717) is 18.8 Å². The molecule has 102 valence electrons. The van der Waals surface area contributed by atoms with Crippen LogP contribution >= 0.6 is 0 Å². The lowest BCUT2D eigenvalue weighted by Crippen LogP contribution is -2.23. The van der Waals surface area contributed by atoms with Crippen molar-refractivity contribution in [3.63, 3.8) is 0 Å². The van der Waals surface area contributed by atoms with Crippen LogP contribution in [0, 0.1) is 16.7 Å². The Labute approximate surface area is 115 Å². The summed E-state index contributed by atoms with van der Waals surface area (Å²) in [7, 11) is -3.03. The SMILES string of the molecule is CC(C)c1ccc(CC2(C#N)CCS(=O)(=O)C2)cc1. The number of hydrogen-bond acceptors (Lipinski definition) is 3. The van der Waals surface area contributed by atoms with E-state index in [1.165, 1.54) is 5.56 Å². The summed E-state index contributed by atoms with van der Waals surface area (Å²) < 4.78 is 23.2. The predicted molar refractivity (Wildman–Crippen MR) is 75.6 cm³/mol. The zero-order valence-electron chi connectivity index (χ0n) is 11.4. The second-order valence-electron chi connectivity index (χ2n) is 5.81. The minimum absolute atomic E-state index is 0.00241. The van der Waals surface area contributed by atoms with Gasteiger partial charge in [0.25, 0.3) is 0 Å². The zero-order chi connectivity index (χ0) is 14.1. The van der Waals surface area contributed by atoms with E-state index < -0.39 is 15.3 Å². The Hall–Kier alpha value is -1.34. The van der Waals surface area contributed by atoms with Crippen LogP contribution in [0.25, 0.3) is 0 Å². The predicted octanol–water partition coefficient (Wildman–Crippen LogP) is 2.68. The number of benzene rings is 1. The molecule has 0 spiro atoms. The van der Waals surface area contributed by atoms with Crippen LogP contribution < -0.4 is 0 Å². The fourth-order valence-electron chi connectivity index (χ4n) is 2.59. The molecule has 1 atom stereocenters. The third-order valence-corrected chi connectivity index (χ3v) is 5.63. The van der Waals surface area contributed by atoms with Crippen LogP contribution in [-0.2, 0) is 16.3 Å². The molecule has 0 N–H and O–H groups in total. The number of hydrogen-bond donors (Lipinski definition) is 0. The summed E-state index contributed by atoms with van der Waals surface area (Å²) in [6.07, 6.45) is 0.985. The molecule has 0 bridgehead atoms. The Morgan fingerprint density at radius 2 is 1.95 bits per heavy atom. The highest BCUT2D eigenvalue weighted by Crippen LogP contribution is 2.35. The van der Waals surface area contributed by atoms with Gasteiger partial charge in [-0.15, -0.1) is 0 Å². The summed E-state index contributed by atoms with van der Waals surface area (Å²) in [4.78, 5) is 0. The van der Waals surface area contributed by atoms with Gasteiger partial charge in [0.2, 0.25) is 0 Å². The van der Waals surface area contributed by atoms with E-state index in [-0.39, 0.29) is 11.5 Å². The maximum Gasteiger partial charge on any atom is 0.151 e. The average molecular weight is 277 g/mol. The third-order valence-electron chi connectivity index (χ3n) is 3.81. The largest absolute Gasteiger partial charge is 0.229 e. The van der Waals surface area contributed by atoms with Crippen LogP contribution in [0.5, 0.6) is 0 Å². The molecule has 19 heavy (non-hydrogen) atoms. The maximum atomic E-state index is 11.6. The first-order valence-electron chi connectivity index (χ1n) is 6.56. The van der Waals surface area contributed by atoms with Crippen molar-refractivity contribution < 1.29 is 8.42 Å². The monoisotopic (exact) mass is 277 g/mol. The molecule has 0 aromatic heterocycles. The van der Waals surface area contributed by atoms with Gasteiger partial charge in [-0.2, -0.15) is 5.26 Å². The molecule has 1 aromatic carbocycles. The van der Waals surface area contributed by atoms with Crippen LogP contribution in [0.15, 0.2) is 24.3 Å². The molecule has 4 heteroatoms. The topological polar surface area (TPSA) is 57.9 Å². The van der Waals surface area contributed by atoms with Gasteiger partial charge in [-0.1, -0.05) is 38.1 Å². The van der Waals surface area contributed by atoms with Crippen molar-refractivity contribution in [1.82, 2.24) is 0 Å². The summed E-state index contributed by atoms with van der Waals surface area (Å²) in [6.45, 7) is 4.27. The summed E-state index contributed by atoms with van der Waals surface area (Å²) in [6, 6.07) is 10.4. The van der Waals surface area contributed by atoms with Gasteiger partial charge in [-0.25, -0.2) is 8.42 Å². The Morgan fingerprint density at radius 1 is 1.32 bits per heavy atom. The molecule has 0 radical (unpaired) electrons. The van der Waals surface area contributed by atoms with Gasteiger partial charge in [-0.05, 0) is 29.9 Å².